The number of ether oxygens (including phenoxy) is 1. The predicted molar refractivity (Wildman–Crippen MR) is 83.0 cm³/mol. The summed E-state index contributed by atoms with van der Waals surface area (Å²) in [5.41, 5.74) is 0.981. The third-order valence-corrected chi connectivity index (χ3v) is 5.38. The molecule has 116 valence electrons. The molecule has 4 atom stereocenters. The van der Waals surface area contributed by atoms with Gasteiger partial charge in [-0.2, -0.15) is 0 Å². The second-order valence-electron chi connectivity index (χ2n) is 6.94. The topological polar surface area (TPSA) is 21.3 Å². The first-order valence-electron chi connectivity index (χ1n) is 8.26. The van der Waals surface area contributed by atoms with Crippen LogP contribution in [-0.2, 0) is 0 Å². The van der Waals surface area contributed by atoms with Gasteiger partial charge in [-0.25, -0.2) is 4.39 Å². The van der Waals surface area contributed by atoms with Crippen LogP contribution in [0.15, 0.2) is 18.2 Å². The smallest absolute Gasteiger partial charge is 0.127 e. The summed E-state index contributed by atoms with van der Waals surface area (Å²) in [6.07, 6.45) is 4.47. The van der Waals surface area contributed by atoms with E-state index < -0.39 is 0 Å². The van der Waals surface area contributed by atoms with Gasteiger partial charge in [0.1, 0.15) is 17.2 Å². The molecular formula is C18H26FNO. The minimum Gasteiger partial charge on any atom is -0.486 e. The lowest BCUT2D eigenvalue weighted by atomic mass is 9.68. The molecule has 1 saturated carbocycles. The fourth-order valence-corrected chi connectivity index (χ4v) is 4.16. The largest absolute Gasteiger partial charge is 0.486 e. The summed E-state index contributed by atoms with van der Waals surface area (Å²) >= 11 is 0. The van der Waals surface area contributed by atoms with Crippen LogP contribution in [0.3, 0.4) is 0 Å². The van der Waals surface area contributed by atoms with Gasteiger partial charge in [-0.15, -0.1) is 0 Å². The predicted octanol–water partition coefficient (Wildman–Crippen LogP) is 4.45. The Morgan fingerprint density at radius 2 is 2.19 bits per heavy atom. The van der Waals surface area contributed by atoms with Crippen LogP contribution in [-0.4, -0.2) is 12.1 Å². The van der Waals surface area contributed by atoms with Gasteiger partial charge in [0.2, 0.25) is 0 Å². The van der Waals surface area contributed by atoms with Crippen LogP contribution in [0.1, 0.15) is 58.1 Å². The highest BCUT2D eigenvalue weighted by Gasteiger charge is 2.47. The van der Waals surface area contributed by atoms with Crippen molar-refractivity contribution in [1.29, 1.82) is 0 Å². The maximum Gasteiger partial charge on any atom is 0.127 e. The fraction of sp³-hybridized carbons (Fsp3) is 0.667. The molecule has 1 spiro atoms. The van der Waals surface area contributed by atoms with Crippen LogP contribution >= 0.6 is 0 Å². The summed E-state index contributed by atoms with van der Waals surface area (Å²) in [5, 5.41) is 3.56. The molecule has 3 heteroatoms. The summed E-state index contributed by atoms with van der Waals surface area (Å²) in [6, 6.07) is 5.25. The van der Waals surface area contributed by atoms with E-state index in [9.17, 15) is 4.39 Å². The second-order valence-corrected chi connectivity index (χ2v) is 6.94. The van der Waals surface area contributed by atoms with Gasteiger partial charge in [0.05, 0.1) is 0 Å². The van der Waals surface area contributed by atoms with Gasteiger partial charge in [0.25, 0.3) is 0 Å². The van der Waals surface area contributed by atoms with Gasteiger partial charge in [-0.3, -0.25) is 0 Å². The lowest BCUT2D eigenvalue weighted by Crippen LogP contribution is -2.51. The van der Waals surface area contributed by atoms with Crippen molar-refractivity contribution in [2.75, 3.05) is 6.54 Å². The molecule has 0 radical (unpaired) electrons. The van der Waals surface area contributed by atoms with E-state index in [4.69, 9.17) is 4.74 Å². The molecule has 3 rings (SSSR count). The van der Waals surface area contributed by atoms with Gasteiger partial charge in [-0.1, -0.05) is 26.8 Å². The Balaban J connectivity index is 1.96. The Labute approximate surface area is 127 Å². The van der Waals surface area contributed by atoms with Crippen molar-refractivity contribution in [3.05, 3.63) is 29.6 Å². The van der Waals surface area contributed by atoms with E-state index in [-0.39, 0.29) is 17.5 Å². The van der Waals surface area contributed by atoms with Gasteiger partial charge in [0.15, 0.2) is 0 Å². The minimum atomic E-state index is -0.210. The Morgan fingerprint density at radius 3 is 2.90 bits per heavy atom. The van der Waals surface area contributed by atoms with Gasteiger partial charge < -0.3 is 10.1 Å². The van der Waals surface area contributed by atoms with E-state index in [1.54, 1.807) is 6.07 Å². The lowest BCUT2D eigenvalue weighted by molar-refractivity contribution is -0.0553. The van der Waals surface area contributed by atoms with Crippen molar-refractivity contribution in [3.63, 3.8) is 0 Å². The number of rotatable bonds is 2. The Bertz CT molecular complexity index is 518. The van der Waals surface area contributed by atoms with Gasteiger partial charge >= 0.3 is 0 Å². The molecule has 1 aliphatic heterocycles. The van der Waals surface area contributed by atoms with Crippen LogP contribution in [0, 0.1) is 17.7 Å². The summed E-state index contributed by atoms with van der Waals surface area (Å²) in [7, 11) is 0. The standard InChI is InChI=1S/C18H26FNO/c1-4-20-16-11-18(8-7-12(2)9-13(18)3)21-17-10-14(19)5-6-15(16)17/h5-6,10,12-13,16,20H,4,7-9,11H2,1-3H3. The number of halogens is 1. The zero-order chi connectivity index (χ0) is 15.0. The quantitative estimate of drug-likeness (QED) is 0.869. The monoisotopic (exact) mass is 291 g/mol. The summed E-state index contributed by atoms with van der Waals surface area (Å²) < 4.78 is 20.0. The Kier molecular flexibility index (Phi) is 3.96. The number of hydrogen-bond donors (Lipinski definition) is 1. The molecule has 2 nitrogen and oxygen atoms in total. The molecule has 2 aliphatic rings. The average Bonchev–Trinajstić information content (AvgIpc) is 2.43. The van der Waals surface area contributed by atoms with Gasteiger partial charge in [0, 0.05) is 24.1 Å². The highest BCUT2D eigenvalue weighted by molar-refractivity contribution is 5.40. The van der Waals surface area contributed by atoms with E-state index in [0.29, 0.717) is 5.92 Å². The van der Waals surface area contributed by atoms with Crippen LogP contribution in [0.2, 0.25) is 0 Å². The van der Waals surface area contributed by atoms with Crippen molar-refractivity contribution >= 4 is 0 Å². The highest BCUT2D eigenvalue weighted by atomic mass is 19.1. The molecule has 0 amide bonds. The van der Waals surface area contributed by atoms with Crippen LogP contribution in [0.4, 0.5) is 4.39 Å². The van der Waals surface area contributed by atoms with Crippen molar-refractivity contribution < 1.29 is 9.13 Å². The third-order valence-electron chi connectivity index (χ3n) is 5.38. The first kappa shape index (κ1) is 14.8. The van der Waals surface area contributed by atoms with Crippen molar-refractivity contribution in [3.8, 4) is 5.75 Å². The molecule has 21 heavy (non-hydrogen) atoms. The maximum absolute atomic E-state index is 13.6. The number of nitrogens with one attached hydrogen (secondary N) is 1. The Morgan fingerprint density at radius 1 is 1.38 bits per heavy atom. The molecule has 0 saturated heterocycles. The summed E-state index contributed by atoms with van der Waals surface area (Å²) in [6.45, 7) is 7.66. The average molecular weight is 291 g/mol. The molecule has 1 fully saturated rings. The first-order valence-corrected chi connectivity index (χ1v) is 8.26. The highest BCUT2D eigenvalue weighted by Crippen LogP contribution is 2.49. The third kappa shape index (κ3) is 2.68. The maximum atomic E-state index is 13.6. The minimum absolute atomic E-state index is 0.125. The molecule has 0 aromatic heterocycles. The zero-order valence-electron chi connectivity index (χ0n) is 13.3. The van der Waals surface area contributed by atoms with Crippen molar-refractivity contribution in [2.45, 2.75) is 58.1 Å². The molecular weight excluding hydrogens is 265 g/mol. The van der Waals surface area contributed by atoms with E-state index in [0.717, 1.165) is 36.6 Å². The normalized spacial score (nSPS) is 35.3. The van der Waals surface area contributed by atoms with Crippen molar-refractivity contribution in [1.82, 2.24) is 5.32 Å². The molecule has 0 bridgehead atoms. The number of hydrogen-bond acceptors (Lipinski definition) is 2. The van der Waals surface area contributed by atoms with E-state index >= 15 is 0 Å². The molecule has 1 heterocycles. The van der Waals surface area contributed by atoms with Gasteiger partial charge in [-0.05, 0) is 43.7 Å². The molecule has 1 aliphatic carbocycles. The van der Waals surface area contributed by atoms with E-state index in [1.807, 2.05) is 6.07 Å². The molecule has 1 aromatic rings. The molecule has 1 N–H and O–H groups in total. The molecule has 4 unspecified atom stereocenters. The van der Waals surface area contributed by atoms with Crippen LogP contribution in [0.5, 0.6) is 5.75 Å². The number of fused-ring (bicyclic) bond motifs is 1. The lowest BCUT2D eigenvalue weighted by Gasteiger charge is -2.49. The Hall–Kier alpha value is -1.09. The fourth-order valence-electron chi connectivity index (χ4n) is 4.16. The number of benzene rings is 1. The van der Waals surface area contributed by atoms with E-state index in [1.165, 1.54) is 18.9 Å². The second kappa shape index (κ2) is 5.60. The summed E-state index contributed by atoms with van der Waals surface area (Å²) in [4.78, 5) is 0. The van der Waals surface area contributed by atoms with Crippen molar-refractivity contribution in [2.24, 2.45) is 11.8 Å². The first-order chi connectivity index (χ1) is 10.0. The van der Waals surface area contributed by atoms with Crippen LogP contribution in [0.25, 0.3) is 0 Å². The summed E-state index contributed by atoms with van der Waals surface area (Å²) in [5.74, 6) is 1.81. The SMILES string of the molecule is CCNC1CC2(CCC(C)CC2C)Oc2cc(F)ccc21. The molecule has 1 aromatic carbocycles. The van der Waals surface area contributed by atoms with E-state index in [2.05, 4.69) is 26.1 Å². The zero-order valence-corrected chi connectivity index (χ0v) is 13.3. The van der Waals surface area contributed by atoms with Crippen LogP contribution < -0.4 is 10.1 Å².